The minimum absolute atomic E-state index is 0.0395. The van der Waals surface area contributed by atoms with Crippen molar-refractivity contribution in [1.29, 1.82) is 0 Å². The maximum atomic E-state index is 13.9. The van der Waals surface area contributed by atoms with Crippen molar-refractivity contribution >= 4 is 53.0 Å². The van der Waals surface area contributed by atoms with E-state index >= 15 is 0 Å². The highest BCUT2D eigenvalue weighted by Gasteiger charge is 2.35. The Morgan fingerprint density at radius 3 is 2.19 bits per heavy atom. The summed E-state index contributed by atoms with van der Waals surface area (Å²) in [5.74, 6) is 0.0395. The molecule has 31 heavy (non-hydrogen) atoms. The highest BCUT2D eigenvalue weighted by molar-refractivity contribution is 9.10. The number of rotatable bonds is 5. The van der Waals surface area contributed by atoms with E-state index in [-0.39, 0.29) is 5.92 Å². The first-order chi connectivity index (χ1) is 14.9. The van der Waals surface area contributed by atoms with Gasteiger partial charge in [-0.3, -0.25) is 0 Å². The molecule has 3 aromatic carbocycles. The summed E-state index contributed by atoms with van der Waals surface area (Å²) in [6, 6.07) is 25.0. The van der Waals surface area contributed by atoms with Crippen LogP contribution in [0.3, 0.4) is 0 Å². The number of benzene rings is 3. The van der Waals surface area contributed by atoms with Crippen LogP contribution >= 0.6 is 31.9 Å². The Balaban J connectivity index is 1.89. The number of halogens is 2. The molecule has 0 aromatic heterocycles. The zero-order valence-corrected chi connectivity index (χ0v) is 21.1. The molecule has 6 heteroatoms. The summed E-state index contributed by atoms with van der Waals surface area (Å²) < 4.78 is 28.6. The number of hydrogen-bond donors (Lipinski definition) is 0. The van der Waals surface area contributed by atoms with Gasteiger partial charge in [0.25, 0.3) is 0 Å². The van der Waals surface area contributed by atoms with Crippen LogP contribution in [0.4, 0.5) is 5.69 Å². The lowest BCUT2D eigenvalue weighted by molar-refractivity contribution is 0.596. The highest BCUT2D eigenvalue weighted by atomic mass is 79.9. The van der Waals surface area contributed by atoms with Crippen LogP contribution in [0.15, 0.2) is 93.1 Å². The Morgan fingerprint density at radius 1 is 0.935 bits per heavy atom. The lowest BCUT2D eigenvalue weighted by atomic mass is 9.90. The van der Waals surface area contributed by atoms with Crippen molar-refractivity contribution in [3.05, 3.63) is 99.4 Å². The van der Waals surface area contributed by atoms with Gasteiger partial charge in [0.2, 0.25) is 9.84 Å². The number of hydrogen-bond acceptors (Lipinski definition) is 3. The molecule has 1 aliphatic heterocycles. The molecule has 160 valence electrons. The molecule has 0 N–H and O–H groups in total. The molecular weight excluding hydrogens is 538 g/mol. The number of nitrogens with zero attached hydrogens (tertiary/aromatic N) is 1. The zero-order chi connectivity index (χ0) is 22.0. The molecule has 0 radical (unpaired) electrons. The number of aryl methyl sites for hydroxylation is 1. The van der Waals surface area contributed by atoms with Gasteiger partial charge < -0.3 is 4.90 Å². The van der Waals surface area contributed by atoms with Gasteiger partial charge in [0.05, 0.1) is 16.3 Å². The Labute approximate surface area is 201 Å². The fourth-order valence-electron chi connectivity index (χ4n) is 3.99. The predicted octanol–water partition coefficient (Wildman–Crippen LogP) is 6.47. The van der Waals surface area contributed by atoms with Gasteiger partial charge >= 0.3 is 0 Å². The van der Waals surface area contributed by atoms with Gasteiger partial charge in [0.1, 0.15) is 0 Å². The first-order valence-corrected chi connectivity index (χ1v) is 13.5. The van der Waals surface area contributed by atoms with Gasteiger partial charge in [-0.1, -0.05) is 79.9 Å². The van der Waals surface area contributed by atoms with E-state index in [4.69, 9.17) is 0 Å². The standard InChI is InChI=1S/C25H23Br2NO2S/c1-18-7-11-22(12-8-18)28-16-20(15-26)25(19-5-3-2-4-6-19)24(17-28)31(29,30)23-13-9-21(27)10-14-23/h2-14,20H,15-17H2,1H3. The van der Waals surface area contributed by atoms with Gasteiger partial charge in [-0.25, -0.2) is 8.42 Å². The monoisotopic (exact) mass is 559 g/mol. The molecule has 1 aliphatic rings. The van der Waals surface area contributed by atoms with Crippen LogP contribution in [0.2, 0.25) is 0 Å². The average Bonchev–Trinajstić information content (AvgIpc) is 2.79. The Kier molecular flexibility index (Phi) is 6.70. The van der Waals surface area contributed by atoms with Crippen molar-refractivity contribution in [2.45, 2.75) is 11.8 Å². The van der Waals surface area contributed by atoms with E-state index in [1.807, 2.05) is 30.3 Å². The normalized spacial score (nSPS) is 17.1. The van der Waals surface area contributed by atoms with Gasteiger partial charge in [-0.15, -0.1) is 0 Å². The van der Waals surface area contributed by atoms with E-state index in [0.717, 1.165) is 27.8 Å². The molecule has 1 unspecified atom stereocenters. The van der Waals surface area contributed by atoms with Gasteiger partial charge in [0, 0.05) is 28.0 Å². The zero-order valence-electron chi connectivity index (χ0n) is 17.1. The van der Waals surface area contributed by atoms with Crippen LogP contribution in [0, 0.1) is 12.8 Å². The summed E-state index contributed by atoms with van der Waals surface area (Å²) in [7, 11) is -3.67. The minimum Gasteiger partial charge on any atom is -0.366 e. The molecule has 1 heterocycles. The molecule has 3 aromatic rings. The third-order valence-electron chi connectivity index (χ3n) is 5.60. The van der Waals surface area contributed by atoms with Gasteiger partial charge in [0.15, 0.2) is 0 Å². The van der Waals surface area contributed by atoms with E-state index in [0.29, 0.717) is 21.7 Å². The molecule has 0 spiro atoms. The second kappa shape index (κ2) is 9.31. The van der Waals surface area contributed by atoms with E-state index in [1.165, 1.54) is 5.56 Å². The molecule has 0 saturated heterocycles. The molecule has 0 fully saturated rings. The van der Waals surface area contributed by atoms with Crippen molar-refractivity contribution in [2.75, 3.05) is 23.3 Å². The van der Waals surface area contributed by atoms with E-state index in [9.17, 15) is 8.42 Å². The molecule has 0 saturated carbocycles. The van der Waals surface area contributed by atoms with Crippen LogP contribution in [-0.4, -0.2) is 26.8 Å². The van der Waals surface area contributed by atoms with E-state index in [2.05, 4.69) is 67.9 Å². The lowest BCUT2D eigenvalue weighted by Crippen LogP contribution is -2.39. The fraction of sp³-hybridized carbons (Fsp3) is 0.200. The molecule has 1 atom stereocenters. The second-order valence-corrected chi connectivity index (χ2v) is 11.3. The predicted molar refractivity (Wildman–Crippen MR) is 135 cm³/mol. The fourth-order valence-corrected chi connectivity index (χ4v) is 6.46. The van der Waals surface area contributed by atoms with Crippen LogP contribution in [0.25, 0.3) is 5.57 Å². The van der Waals surface area contributed by atoms with Gasteiger partial charge in [-0.05, 0) is 54.5 Å². The third kappa shape index (κ3) is 4.66. The lowest BCUT2D eigenvalue weighted by Gasteiger charge is -2.37. The van der Waals surface area contributed by atoms with Crippen molar-refractivity contribution in [2.24, 2.45) is 5.92 Å². The third-order valence-corrected chi connectivity index (χ3v) is 8.80. The molecule has 0 aliphatic carbocycles. The Hall–Kier alpha value is -1.89. The SMILES string of the molecule is Cc1ccc(N2CC(S(=O)(=O)c3ccc(Br)cc3)=C(c3ccccc3)C(CBr)C2)cc1. The summed E-state index contributed by atoms with van der Waals surface area (Å²) in [5, 5.41) is 0.680. The largest absolute Gasteiger partial charge is 0.366 e. The Bertz CT molecular complexity index is 1190. The number of anilines is 1. The molecule has 0 amide bonds. The Morgan fingerprint density at radius 2 is 1.58 bits per heavy atom. The quantitative estimate of drug-likeness (QED) is 0.335. The van der Waals surface area contributed by atoms with Crippen molar-refractivity contribution < 1.29 is 8.42 Å². The molecular formula is C25H23Br2NO2S. The summed E-state index contributed by atoms with van der Waals surface area (Å²) in [6.07, 6.45) is 0. The van der Waals surface area contributed by atoms with Crippen LogP contribution in [-0.2, 0) is 9.84 Å². The topological polar surface area (TPSA) is 37.4 Å². The molecule has 4 rings (SSSR count). The first-order valence-electron chi connectivity index (χ1n) is 10.1. The summed E-state index contributed by atoms with van der Waals surface area (Å²) in [6.45, 7) is 3.14. The first kappa shape index (κ1) is 22.3. The van der Waals surface area contributed by atoms with Crippen molar-refractivity contribution in [3.8, 4) is 0 Å². The van der Waals surface area contributed by atoms with E-state index < -0.39 is 9.84 Å². The number of alkyl halides is 1. The van der Waals surface area contributed by atoms with E-state index in [1.54, 1.807) is 24.3 Å². The van der Waals surface area contributed by atoms with Crippen LogP contribution < -0.4 is 4.90 Å². The average molecular weight is 561 g/mol. The smallest absolute Gasteiger partial charge is 0.204 e. The van der Waals surface area contributed by atoms with Crippen LogP contribution in [0.1, 0.15) is 11.1 Å². The summed E-state index contributed by atoms with van der Waals surface area (Å²) in [5.41, 5.74) is 4.09. The second-order valence-electron chi connectivity index (χ2n) is 7.73. The molecule has 0 bridgehead atoms. The van der Waals surface area contributed by atoms with Crippen molar-refractivity contribution in [1.82, 2.24) is 0 Å². The number of sulfone groups is 1. The van der Waals surface area contributed by atoms with Crippen molar-refractivity contribution in [3.63, 3.8) is 0 Å². The maximum absolute atomic E-state index is 13.9. The summed E-state index contributed by atoms with van der Waals surface area (Å²) in [4.78, 5) is 2.96. The molecule has 3 nitrogen and oxygen atoms in total. The van der Waals surface area contributed by atoms with Gasteiger partial charge in [-0.2, -0.15) is 0 Å². The highest BCUT2D eigenvalue weighted by Crippen LogP contribution is 2.39. The van der Waals surface area contributed by atoms with Crippen LogP contribution in [0.5, 0.6) is 0 Å². The maximum Gasteiger partial charge on any atom is 0.204 e. The minimum atomic E-state index is -3.67. The summed E-state index contributed by atoms with van der Waals surface area (Å²) >= 11 is 7.06.